The maximum Gasteiger partial charge on any atom is 0.333 e. The third kappa shape index (κ3) is 6.01. The molecule has 7 heteroatoms. The molecule has 7 nitrogen and oxygen atoms in total. The van der Waals surface area contributed by atoms with E-state index in [2.05, 4.69) is 6.58 Å². The van der Waals surface area contributed by atoms with Gasteiger partial charge in [-0.2, -0.15) is 0 Å². The van der Waals surface area contributed by atoms with Gasteiger partial charge in [-0.15, -0.1) is 0 Å². The zero-order valence-electron chi connectivity index (χ0n) is 14.6. The van der Waals surface area contributed by atoms with E-state index < -0.39 is 29.7 Å². The number of rotatable bonds is 8. The topological polar surface area (TPSA) is 91.4 Å². The zero-order valence-corrected chi connectivity index (χ0v) is 14.6. The summed E-state index contributed by atoms with van der Waals surface area (Å²) in [5.74, 6) is -2.57. The fourth-order valence-electron chi connectivity index (χ4n) is 2.53. The standard InChI is InChI=1S/C18H24O7/c1-11(2)16(19)22-6-7-23-17(20)14-5-4-12(3)8-15(14)18(21)25-10-13-9-24-13/h4,13-15H,1,5-10H2,2-3H3. The van der Waals surface area contributed by atoms with E-state index in [4.69, 9.17) is 18.9 Å². The molecule has 0 N–H and O–H groups in total. The molecule has 138 valence electrons. The van der Waals surface area contributed by atoms with Crippen LogP contribution in [0.15, 0.2) is 23.8 Å². The van der Waals surface area contributed by atoms with E-state index >= 15 is 0 Å². The lowest BCUT2D eigenvalue weighted by Crippen LogP contribution is -2.35. The van der Waals surface area contributed by atoms with Crippen LogP contribution in [0.4, 0.5) is 0 Å². The maximum atomic E-state index is 12.3. The Balaban J connectivity index is 1.82. The quantitative estimate of drug-likeness (QED) is 0.163. The van der Waals surface area contributed by atoms with Gasteiger partial charge in [-0.3, -0.25) is 9.59 Å². The van der Waals surface area contributed by atoms with Gasteiger partial charge in [0.05, 0.1) is 18.4 Å². The summed E-state index contributed by atoms with van der Waals surface area (Å²) in [6, 6.07) is 0. The molecule has 2 rings (SSSR count). The molecule has 0 radical (unpaired) electrons. The number of esters is 3. The minimum absolute atomic E-state index is 0.0161. The van der Waals surface area contributed by atoms with Gasteiger partial charge in [-0.25, -0.2) is 4.79 Å². The van der Waals surface area contributed by atoms with Crippen LogP contribution < -0.4 is 0 Å². The zero-order chi connectivity index (χ0) is 18.4. The number of carbonyl (C=O) groups is 3. The molecule has 1 fully saturated rings. The predicted molar refractivity (Wildman–Crippen MR) is 87.4 cm³/mol. The van der Waals surface area contributed by atoms with Gasteiger partial charge in [0, 0.05) is 5.57 Å². The predicted octanol–water partition coefficient (Wildman–Crippen LogP) is 1.56. The Morgan fingerprint density at radius 3 is 2.44 bits per heavy atom. The Kier molecular flexibility index (Phi) is 6.75. The highest BCUT2D eigenvalue weighted by molar-refractivity contribution is 5.87. The van der Waals surface area contributed by atoms with Gasteiger partial charge in [0.2, 0.25) is 0 Å². The molecule has 0 bridgehead atoms. The normalized spacial score (nSPS) is 24.7. The van der Waals surface area contributed by atoms with Crippen molar-refractivity contribution in [2.24, 2.45) is 11.8 Å². The van der Waals surface area contributed by atoms with E-state index in [1.54, 1.807) is 0 Å². The first-order valence-corrected chi connectivity index (χ1v) is 8.31. The van der Waals surface area contributed by atoms with Crippen molar-refractivity contribution in [3.8, 4) is 0 Å². The number of hydrogen-bond donors (Lipinski definition) is 0. The van der Waals surface area contributed by atoms with Crippen molar-refractivity contribution in [1.82, 2.24) is 0 Å². The molecule has 3 atom stereocenters. The summed E-state index contributed by atoms with van der Waals surface area (Å²) in [5.41, 5.74) is 1.32. The molecular formula is C18H24O7. The summed E-state index contributed by atoms with van der Waals surface area (Å²) in [4.78, 5) is 35.9. The van der Waals surface area contributed by atoms with Crippen LogP contribution in [0.3, 0.4) is 0 Å². The van der Waals surface area contributed by atoms with E-state index in [9.17, 15) is 14.4 Å². The van der Waals surface area contributed by atoms with E-state index in [0.717, 1.165) is 5.57 Å². The molecule has 3 unspecified atom stereocenters. The van der Waals surface area contributed by atoms with Gasteiger partial charge in [-0.05, 0) is 26.7 Å². The molecule has 25 heavy (non-hydrogen) atoms. The largest absolute Gasteiger partial charge is 0.463 e. The number of carbonyl (C=O) groups excluding carboxylic acids is 3. The Hall–Kier alpha value is -2.15. The van der Waals surface area contributed by atoms with Crippen molar-refractivity contribution in [1.29, 1.82) is 0 Å². The van der Waals surface area contributed by atoms with Crippen molar-refractivity contribution in [3.63, 3.8) is 0 Å². The monoisotopic (exact) mass is 352 g/mol. The summed E-state index contributed by atoms with van der Waals surface area (Å²) in [6.45, 7) is 7.63. The van der Waals surface area contributed by atoms with Crippen LogP contribution >= 0.6 is 0 Å². The second-order valence-corrected chi connectivity index (χ2v) is 6.37. The molecule has 2 aliphatic rings. The Morgan fingerprint density at radius 1 is 1.16 bits per heavy atom. The van der Waals surface area contributed by atoms with Gasteiger partial charge in [0.25, 0.3) is 0 Å². The minimum Gasteiger partial charge on any atom is -0.463 e. The highest BCUT2D eigenvalue weighted by Crippen LogP contribution is 2.32. The highest BCUT2D eigenvalue weighted by atomic mass is 16.6. The first-order chi connectivity index (χ1) is 11.9. The summed E-state index contributed by atoms with van der Waals surface area (Å²) in [5, 5.41) is 0. The summed E-state index contributed by atoms with van der Waals surface area (Å²) >= 11 is 0. The number of hydrogen-bond acceptors (Lipinski definition) is 7. The van der Waals surface area contributed by atoms with Gasteiger partial charge in [0.15, 0.2) is 0 Å². The van der Waals surface area contributed by atoms with Crippen molar-refractivity contribution >= 4 is 17.9 Å². The van der Waals surface area contributed by atoms with Crippen LogP contribution in [0.25, 0.3) is 0 Å². The van der Waals surface area contributed by atoms with E-state index in [1.165, 1.54) is 6.92 Å². The van der Waals surface area contributed by atoms with Crippen LogP contribution in [0.5, 0.6) is 0 Å². The molecule has 0 amide bonds. The maximum absolute atomic E-state index is 12.3. The molecule has 1 saturated heterocycles. The summed E-state index contributed by atoms with van der Waals surface area (Å²) in [7, 11) is 0. The SMILES string of the molecule is C=C(C)C(=O)OCCOC(=O)C1CC=C(C)CC1C(=O)OCC1CO1. The fraction of sp³-hybridized carbons (Fsp3) is 0.611. The van der Waals surface area contributed by atoms with E-state index in [-0.39, 0.29) is 31.5 Å². The van der Waals surface area contributed by atoms with Crippen molar-refractivity contribution < 1.29 is 33.3 Å². The third-order valence-electron chi connectivity index (χ3n) is 4.08. The van der Waals surface area contributed by atoms with Crippen LogP contribution in [-0.2, 0) is 33.3 Å². The molecule has 1 heterocycles. The molecular weight excluding hydrogens is 328 g/mol. The molecule has 1 aliphatic carbocycles. The fourth-order valence-corrected chi connectivity index (χ4v) is 2.53. The van der Waals surface area contributed by atoms with Crippen molar-refractivity contribution in [3.05, 3.63) is 23.8 Å². The van der Waals surface area contributed by atoms with Crippen LogP contribution in [0.1, 0.15) is 26.7 Å². The lowest BCUT2D eigenvalue weighted by molar-refractivity contribution is -0.163. The molecule has 0 aromatic heterocycles. The average molecular weight is 352 g/mol. The molecule has 0 spiro atoms. The highest BCUT2D eigenvalue weighted by Gasteiger charge is 2.38. The molecule has 0 aromatic carbocycles. The third-order valence-corrected chi connectivity index (χ3v) is 4.08. The van der Waals surface area contributed by atoms with Crippen LogP contribution in [0.2, 0.25) is 0 Å². The Morgan fingerprint density at radius 2 is 1.80 bits per heavy atom. The van der Waals surface area contributed by atoms with Gasteiger partial charge < -0.3 is 18.9 Å². The lowest BCUT2D eigenvalue weighted by atomic mass is 9.80. The van der Waals surface area contributed by atoms with Gasteiger partial charge in [0.1, 0.15) is 25.9 Å². The van der Waals surface area contributed by atoms with Crippen LogP contribution in [-0.4, -0.2) is 50.4 Å². The smallest absolute Gasteiger partial charge is 0.333 e. The van der Waals surface area contributed by atoms with Crippen molar-refractivity contribution in [2.45, 2.75) is 32.8 Å². The van der Waals surface area contributed by atoms with Crippen LogP contribution in [0, 0.1) is 11.8 Å². The lowest BCUT2D eigenvalue weighted by Gasteiger charge is -2.27. The first kappa shape index (κ1) is 19.2. The number of allylic oxidation sites excluding steroid dienone is 2. The van der Waals surface area contributed by atoms with E-state index in [1.807, 2.05) is 13.0 Å². The number of epoxide rings is 1. The molecule has 1 aliphatic heterocycles. The van der Waals surface area contributed by atoms with Gasteiger partial charge >= 0.3 is 17.9 Å². The van der Waals surface area contributed by atoms with Crippen molar-refractivity contribution in [2.75, 3.05) is 26.4 Å². The molecule has 0 aromatic rings. The minimum atomic E-state index is -0.590. The molecule has 0 saturated carbocycles. The average Bonchev–Trinajstić information content (AvgIpc) is 3.40. The number of ether oxygens (including phenoxy) is 4. The Bertz CT molecular complexity index is 574. The Labute approximate surface area is 146 Å². The second kappa shape index (κ2) is 8.80. The van der Waals surface area contributed by atoms with E-state index in [0.29, 0.717) is 19.4 Å². The summed E-state index contributed by atoms with van der Waals surface area (Å²) in [6.07, 6.45) is 2.81. The summed E-state index contributed by atoms with van der Waals surface area (Å²) < 4.78 is 20.3. The second-order valence-electron chi connectivity index (χ2n) is 6.37. The van der Waals surface area contributed by atoms with Gasteiger partial charge in [-0.1, -0.05) is 18.2 Å². The first-order valence-electron chi connectivity index (χ1n) is 8.31.